The topological polar surface area (TPSA) is 129 Å². The normalized spacial score (nSPS) is 16.6. The monoisotopic (exact) mass is 621 g/mol. The van der Waals surface area contributed by atoms with E-state index in [2.05, 4.69) is 15.3 Å². The minimum atomic E-state index is -0.684. The van der Waals surface area contributed by atoms with Gasteiger partial charge in [-0.2, -0.15) is 0 Å². The lowest BCUT2D eigenvalue weighted by Gasteiger charge is -2.30. The summed E-state index contributed by atoms with van der Waals surface area (Å²) in [5, 5.41) is 2.97. The van der Waals surface area contributed by atoms with E-state index < -0.39 is 34.8 Å². The van der Waals surface area contributed by atoms with E-state index >= 15 is 0 Å². The van der Waals surface area contributed by atoms with Crippen molar-refractivity contribution < 1.29 is 13.6 Å². The third-order valence-electron chi connectivity index (χ3n) is 8.56. The molecule has 46 heavy (non-hydrogen) atoms. The summed E-state index contributed by atoms with van der Waals surface area (Å²) < 4.78 is 32.0. The highest BCUT2D eigenvalue weighted by Crippen LogP contribution is 2.28. The number of pyridine rings is 2. The molecule has 232 valence electrons. The second-order valence-corrected chi connectivity index (χ2v) is 11.5. The largest absolute Gasteiger partial charge is 0.348 e. The molecule has 1 fully saturated rings. The van der Waals surface area contributed by atoms with Gasteiger partial charge in [-0.25, -0.2) is 28.1 Å². The van der Waals surface area contributed by atoms with Crippen molar-refractivity contribution in [2.45, 2.75) is 44.3 Å². The SMILES string of the molecule is NCc1ccc(-c2cccc(-n3c(=O)n([C@H]4CC[C@@H](NC(=O)c5cn6cc(F)ccc6n5)CC4)c(=O)c4cc(F)cnc43)c2)cc1. The Balaban J connectivity index is 1.19. The molecule has 6 aromatic rings. The Bertz CT molecular complexity index is 2230. The predicted molar refractivity (Wildman–Crippen MR) is 169 cm³/mol. The first-order valence-corrected chi connectivity index (χ1v) is 15.0. The van der Waals surface area contributed by atoms with Crippen LogP contribution >= 0.6 is 0 Å². The standard InChI is InChI=1S/C34H29F2N7O3/c35-23-8-13-30-40-29(19-41(30)18-23)32(44)39-25-9-11-26(12-10-25)43-33(45)28-15-24(36)17-38-31(28)42(34(43)46)27-3-1-2-22(14-27)21-6-4-20(16-37)5-7-21/h1-8,13-15,17-19,25-26H,9-12,16,37H2,(H,39,44)/t25-,26+. The Morgan fingerprint density at radius 2 is 1.70 bits per heavy atom. The van der Waals surface area contributed by atoms with E-state index in [1.54, 1.807) is 6.07 Å². The average Bonchev–Trinajstić information content (AvgIpc) is 3.50. The van der Waals surface area contributed by atoms with Crippen LogP contribution < -0.4 is 22.3 Å². The summed E-state index contributed by atoms with van der Waals surface area (Å²) >= 11 is 0. The first-order chi connectivity index (χ1) is 22.3. The molecule has 4 heterocycles. The molecule has 7 rings (SSSR count). The molecule has 0 spiro atoms. The van der Waals surface area contributed by atoms with Gasteiger partial charge in [0.2, 0.25) is 0 Å². The number of fused-ring (bicyclic) bond motifs is 2. The zero-order valence-corrected chi connectivity index (χ0v) is 24.6. The Morgan fingerprint density at radius 1 is 0.913 bits per heavy atom. The van der Waals surface area contributed by atoms with Crippen molar-refractivity contribution in [3.8, 4) is 16.8 Å². The summed E-state index contributed by atoms with van der Waals surface area (Å²) in [4.78, 5) is 49.2. The van der Waals surface area contributed by atoms with Crippen LogP contribution in [-0.4, -0.2) is 35.5 Å². The molecule has 1 aliphatic carbocycles. The van der Waals surface area contributed by atoms with E-state index in [9.17, 15) is 23.2 Å². The van der Waals surface area contributed by atoms with Crippen molar-refractivity contribution in [2.24, 2.45) is 5.73 Å². The van der Waals surface area contributed by atoms with E-state index in [1.807, 2.05) is 42.5 Å². The summed E-state index contributed by atoms with van der Waals surface area (Å²) in [6.45, 7) is 0.421. The molecule has 1 aliphatic rings. The Morgan fingerprint density at radius 3 is 2.46 bits per heavy atom. The molecule has 1 amide bonds. The van der Waals surface area contributed by atoms with Gasteiger partial charge in [-0.3, -0.25) is 14.2 Å². The lowest BCUT2D eigenvalue weighted by atomic mass is 9.90. The summed E-state index contributed by atoms with van der Waals surface area (Å²) in [7, 11) is 0. The molecular weight excluding hydrogens is 592 g/mol. The minimum Gasteiger partial charge on any atom is -0.348 e. The molecule has 12 heteroatoms. The molecule has 0 radical (unpaired) electrons. The highest BCUT2D eigenvalue weighted by molar-refractivity contribution is 5.93. The van der Waals surface area contributed by atoms with Crippen LogP contribution in [0.3, 0.4) is 0 Å². The van der Waals surface area contributed by atoms with Crippen LogP contribution in [0.2, 0.25) is 0 Å². The second-order valence-electron chi connectivity index (χ2n) is 11.5. The Hall–Kier alpha value is -5.49. The first-order valence-electron chi connectivity index (χ1n) is 15.0. The van der Waals surface area contributed by atoms with Crippen LogP contribution in [0.4, 0.5) is 8.78 Å². The van der Waals surface area contributed by atoms with Crippen molar-refractivity contribution in [3.05, 3.63) is 129 Å². The third-order valence-corrected chi connectivity index (χ3v) is 8.56. The number of carbonyl (C=O) groups is 1. The first kappa shape index (κ1) is 29.2. The number of nitrogens with zero attached hydrogens (tertiary/aromatic N) is 5. The van der Waals surface area contributed by atoms with Crippen LogP contribution in [0.1, 0.15) is 47.8 Å². The number of amides is 1. The Kier molecular flexibility index (Phi) is 7.49. The number of rotatable bonds is 6. The number of imidazole rings is 1. The smallest absolute Gasteiger partial charge is 0.337 e. The summed E-state index contributed by atoms with van der Waals surface area (Å²) in [5.41, 5.74) is 8.46. The summed E-state index contributed by atoms with van der Waals surface area (Å²) in [6.07, 6.45) is 5.56. The molecule has 4 aromatic heterocycles. The van der Waals surface area contributed by atoms with E-state index in [-0.39, 0.29) is 22.8 Å². The lowest BCUT2D eigenvalue weighted by molar-refractivity contribution is 0.0917. The third kappa shape index (κ3) is 5.36. The maximum absolute atomic E-state index is 14.4. The number of benzene rings is 2. The Labute approximate surface area is 260 Å². The quantitative estimate of drug-likeness (QED) is 0.282. The fourth-order valence-electron chi connectivity index (χ4n) is 6.21. The van der Waals surface area contributed by atoms with Gasteiger partial charge in [0, 0.05) is 31.0 Å². The highest BCUT2D eigenvalue weighted by atomic mass is 19.1. The number of carbonyl (C=O) groups excluding carboxylic acids is 1. The van der Waals surface area contributed by atoms with E-state index in [4.69, 9.17) is 5.73 Å². The van der Waals surface area contributed by atoms with Crippen molar-refractivity contribution in [1.29, 1.82) is 0 Å². The van der Waals surface area contributed by atoms with Crippen LogP contribution in [-0.2, 0) is 6.54 Å². The number of hydrogen-bond acceptors (Lipinski definition) is 6. The van der Waals surface area contributed by atoms with Gasteiger partial charge < -0.3 is 15.5 Å². The van der Waals surface area contributed by atoms with Crippen LogP contribution in [0.25, 0.3) is 33.5 Å². The second kappa shape index (κ2) is 11.8. The number of nitrogens with two attached hydrogens (primary N) is 1. The highest BCUT2D eigenvalue weighted by Gasteiger charge is 2.28. The van der Waals surface area contributed by atoms with Gasteiger partial charge in [0.25, 0.3) is 11.5 Å². The molecule has 0 atom stereocenters. The molecule has 0 saturated heterocycles. The molecule has 3 N–H and O–H groups in total. The van der Waals surface area contributed by atoms with Gasteiger partial charge in [0.1, 0.15) is 23.0 Å². The molecule has 1 saturated carbocycles. The van der Waals surface area contributed by atoms with Gasteiger partial charge in [-0.05, 0) is 72.7 Å². The molecule has 0 bridgehead atoms. The van der Waals surface area contributed by atoms with Crippen molar-refractivity contribution in [3.63, 3.8) is 0 Å². The molecule has 0 unspecified atom stereocenters. The maximum atomic E-state index is 14.4. The zero-order chi connectivity index (χ0) is 31.9. The number of nitrogens with one attached hydrogen (secondary N) is 1. The van der Waals surface area contributed by atoms with Gasteiger partial charge in [-0.15, -0.1) is 0 Å². The minimum absolute atomic E-state index is 0.00369. The maximum Gasteiger partial charge on any atom is 0.337 e. The van der Waals surface area contributed by atoms with Gasteiger partial charge in [0.15, 0.2) is 5.65 Å². The lowest BCUT2D eigenvalue weighted by Crippen LogP contribution is -2.45. The van der Waals surface area contributed by atoms with E-state index in [0.29, 0.717) is 43.6 Å². The molecule has 2 aromatic carbocycles. The number of halogens is 2. The van der Waals surface area contributed by atoms with Crippen LogP contribution in [0.5, 0.6) is 0 Å². The van der Waals surface area contributed by atoms with Gasteiger partial charge >= 0.3 is 5.69 Å². The van der Waals surface area contributed by atoms with Gasteiger partial charge in [0.05, 0.1) is 17.3 Å². The van der Waals surface area contributed by atoms with Gasteiger partial charge in [-0.1, -0.05) is 36.4 Å². The molecule has 0 aliphatic heterocycles. The zero-order valence-electron chi connectivity index (χ0n) is 24.6. The average molecular weight is 622 g/mol. The summed E-state index contributed by atoms with van der Waals surface area (Å²) in [5.74, 6) is -1.52. The number of aromatic nitrogens is 5. The van der Waals surface area contributed by atoms with E-state index in [0.717, 1.165) is 29.0 Å². The van der Waals surface area contributed by atoms with E-state index in [1.165, 1.54) is 38.1 Å². The molecular formula is C34H29F2N7O3. The fourth-order valence-corrected chi connectivity index (χ4v) is 6.21. The predicted octanol–water partition coefficient (Wildman–Crippen LogP) is 4.51. The molecule has 10 nitrogen and oxygen atoms in total. The fraction of sp³-hybridized carbons (Fsp3) is 0.206. The van der Waals surface area contributed by atoms with Crippen LogP contribution in [0, 0.1) is 11.6 Å². The number of hydrogen-bond donors (Lipinski definition) is 2. The van der Waals surface area contributed by atoms with Crippen molar-refractivity contribution >= 4 is 22.6 Å². The van der Waals surface area contributed by atoms with Crippen molar-refractivity contribution in [1.82, 2.24) is 28.8 Å². The van der Waals surface area contributed by atoms with Crippen molar-refractivity contribution in [2.75, 3.05) is 0 Å². The summed E-state index contributed by atoms with van der Waals surface area (Å²) in [6, 6.07) is 18.3. The van der Waals surface area contributed by atoms with Crippen LogP contribution in [0.15, 0.2) is 94.9 Å².